The molecule has 0 spiro atoms. The van der Waals surface area contributed by atoms with Crippen LogP contribution in [-0.2, 0) is 4.74 Å². The molecule has 0 bridgehead atoms. The van der Waals surface area contributed by atoms with Gasteiger partial charge in [-0.25, -0.2) is 0 Å². The van der Waals surface area contributed by atoms with Crippen molar-refractivity contribution < 1.29 is 9.84 Å². The van der Waals surface area contributed by atoms with Crippen LogP contribution in [0, 0.1) is 0 Å². The third-order valence-electron chi connectivity index (χ3n) is 1.81. The fraction of sp³-hybridized carbons (Fsp3) is 1.00. The summed E-state index contributed by atoms with van der Waals surface area (Å²) >= 11 is 0. The van der Waals surface area contributed by atoms with Crippen molar-refractivity contribution in [3.05, 3.63) is 0 Å². The van der Waals surface area contributed by atoms with Crippen molar-refractivity contribution >= 4 is 12.4 Å². The summed E-state index contributed by atoms with van der Waals surface area (Å²) in [6.07, 6.45) is 0.671. The molecule has 1 heterocycles. The number of β-amino-alcohol motifs (C(OH)–C–C–N with tert-alkyl or cyclic N) is 1. The lowest BCUT2D eigenvalue weighted by molar-refractivity contribution is -0.0850. The fourth-order valence-electron chi connectivity index (χ4n) is 1.47. The zero-order valence-electron chi connectivity index (χ0n) is 8.54. The van der Waals surface area contributed by atoms with E-state index in [1.165, 1.54) is 0 Å². The molecule has 1 aliphatic heterocycles. The second kappa shape index (κ2) is 5.15. The molecule has 1 rings (SSSR count). The molecule has 3 nitrogen and oxygen atoms in total. The van der Waals surface area contributed by atoms with Crippen LogP contribution >= 0.6 is 12.4 Å². The predicted octanol–water partition coefficient (Wildman–Crippen LogP) is 0.946. The molecule has 0 aromatic carbocycles. The van der Waals surface area contributed by atoms with E-state index < -0.39 is 0 Å². The summed E-state index contributed by atoms with van der Waals surface area (Å²) in [5, 5.41) is 12.5. The summed E-state index contributed by atoms with van der Waals surface area (Å²) in [5.74, 6) is 0. The lowest BCUT2D eigenvalue weighted by Crippen LogP contribution is -2.45. The largest absolute Gasteiger partial charge is 0.392 e. The van der Waals surface area contributed by atoms with E-state index in [-0.39, 0.29) is 30.2 Å². The summed E-state index contributed by atoms with van der Waals surface area (Å²) in [7, 11) is 0. The molecule has 0 radical (unpaired) electrons. The van der Waals surface area contributed by atoms with E-state index in [9.17, 15) is 5.11 Å². The van der Waals surface area contributed by atoms with Gasteiger partial charge in [0.2, 0.25) is 0 Å². The van der Waals surface area contributed by atoms with Gasteiger partial charge in [0.05, 0.1) is 17.8 Å². The summed E-state index contributed by atoms with van der Waals surface area (Å²) in [5.41, 5.74) is -0.108. The van der Waals surface area contributed by atoms with Gasteiger partial charge in [-0.05, 0) is 20.8 Å². The van der Waals surface area contributed by atoms with E-state index >= 15 is 0 Å². The molecule has 2 atom stereocenters. The van der Waals surface area contributed by atoms with Crippen LogP contribution in [0.2, 0.25) is 0 Å². The van der Waals surface area contributed by atoms with Crippen LogP contribution in [0.4, 0.5) is 0 Å². The van der Waals surface area contributed by atoms with Gasteiger partial charge in [0, 0.05) is 19.5 Å². The van der Waals surface area contributed by atoms with Gasteiger partial charge in [-0.15, -0.1) is 12.4 Å². The van der Waals surface area contributed by atoms with E-state index in [0.29, 0.717) is 6.54 Å². The summed E-state index contributed by atoms with van der Waals surface area (Å²) in [6, 6.07) is 0. The van der Waals surface area contributed by atoms with Crippen molar-refractivity contribution in [2.45, 2.75) is 45.0 Å². The van der Waals surface area contributed by atoms with E-state index in [4.69, 9.17) is 4.74 Å². The van der Waals surface area contributed by atoms with Crippen LogP contribution in [-0.4, -0.2) is 36.0 Å². The Bertz CT molecular complexity index is 147. The zero-order valence-corrected chi connectivity index (χ0v) is 9.36. The Hall–Kier alpha value is 0.170. The number of nitrogens with one attached hydrogen (secondary N) is 1. The Kier molecular flexibility index (Phi) is 5.22. The number of aliphatic hydroxyl groups excluding tert-OH is 1. The van der Waals surface area contributed by atoms with Gasteiger partial charge in [0.1, 0.15) is 0 Å². The maximum Gasteiger partial charge on any atom is 0.0731 e. The predicted molar refractivity (Wildman–Crippen MR) is 55.4 cm³/mol. The normalized spacial score (nSPS) is 29.5. The maximum atomic E-state index is 9.33. The molecular weight excluding hydrogens is 190 g/mol. The van der Waals surface area contributed by atoms with E-state index in [0.717, 1.165) is 13.0 Å². The van der Waals surface area contributed by atoms with Gasteiger partial charge >= 0.3 is 0 Å². The maximum absolute atomic E-state index is 9.33. The van der Waals surface area contributed by atoms with Gasteiger partial charge in [-0.2, -0.15) is 0 Å². The van der Waals surface area contributed by atoms with E-state index in [1.54, 1.807) is 0 Å². The second-order valence-corrected chi connectivity index (χ2v) is 4.40. The average Bonchev–Trinajstić information content (AvgIpc) is 1.82. The molecule has 2 N–H and O–H groups in total. The van der Waals surface area contributed by atoms with Crippen LogP contribution in [0.1, 0.15) is 27.2 Å². The molecule has 4 heteroatoms. The number of aliphatic hydroxyl groups is 1. The Morgan fingerprint density at radius 2 is 1.92 bits per heavy atom. The molecule has 0 unspecified atom stereocenters. The molecule has 0 aromatic rings. The zero-order chi connectivity index (χ0) is 9.19. The minimum absolute atomic E-state index is 0. The van der Waals surface area contributed by atoms with Crippen molar-refractivity contribution in [3.8, 4) is 0 Å². The van der Waals surface area contributed by atoms with Crippen LogP contribution in [0.3, 0.4) is 0 Å². The highest BCUT2D eigenvalue weighted by atomic mass is 35.5. The summed E-state index contributed by atoms with van der Waals surface area (Å²) < 4.78 is 5.73. The van der Waals surface area contributed by atoms with Crippen LogP contribution in [0.25, 0.3) is 0 Å². The first kappa shape index (κ1) is 13.2. The average molecular weight is 210 g/mol. The molecule has 80 valence electrons. The molecule has 0 saturated carbocycles. The number of hydrogen-bond acceptors (Lipinski definition) is 3. The van der Waals surface area contributed by atoms with E-state index in [2.05, 4.69) is 5.32 Å². The first-order valence-electron chi connectivity index (χ1n) is 4.54. The molecule has 13 heavy (non-hydrogen) atoms. The van der Waals surface area contributed by atoms with Gasteiger partial charge in [0.25, 0.3) is 0 Å². The third kappa shape index (κ3) is 5.47. The highest BCUT2D eigenvalue weighted by Gasteiger charge is 2.24. The lowest BCUT2D eigenvalue weighted by Gasteiger charge is -2.32. The summed E-state index contributed by atoms with van der Waals surface area (Å²) in [6.45, 7) is 7.66. The molecule has 1 fully saturated rings. The van der Waals surface area contributed by atoms with Crippen LogP contribution in [0.5, 0.6) is 0 Å². The van der Waals surface area contributed by atoms with Gasteiger partial charge < -0.3 is 15.2 Å². The Balaban J connectivity index is 0.00000144. The van der Waals surface area contributed by atoms with Crippen LogP contribution in [0.15, 0.2) is 0 Å². The quantitative estimate of drug-likeness (QED) is 0.676. The molecule has 0 aromatic heterocycles. The molecule has 0 aliphatic carbocycles. The molecule has 1 saturated heterocycles. The standard InChI is InChI=1S/C9H19NO2.ClH/c1-9(2,3)12-8-4-7(11)5-10-6-8;/h7-8,10-11H,4-6H2,1-3H3;1H/t7-,8-;/m0./s1. The number of rotatable bonds is 1. The second-order valence-electron chi connectivity index (χ2n) is 4.40. The number of hydrogen-bond donors (Lipinski definition) is 2. The Morgan fingerprint density at radius 3 is 2.38 bits per heavy atom. The SMILES string of the molecule is CC(C)(C)O[C@@H]1CNC[C@@H](O)C1.Cl. The monoisotopic (exact) mass is 209 g/mol. The highest BCUT2D eigenvalue weighted by molar-refractivity contribution is 5.85. The van der Waals surface area contributed by atoms with Crippen molar-refractivity contribution in [1.82, 2.24) is 5.32 Å². The first-order valence-corrected chi connectivity index (χ1v) is 4.54. The van der Waals surface area contributed by atoms with Crippen molar-refractivity contribution in [1.29, 1.82) is 0 Å². The fourth-order valence-corrected chi connectivity index (χ4v) is 1.47. The highest BCUT2D eigenvalue weighted by Crippen LogP contribution is 2.15. The minimum Gasteiger partial charge on any atom is -0.392 e. The first-order chi connectivity index (χ1) is 5.47. The Labute approximate surface area is 86.3 Å². The number of ether oxygens (including phenoxy) is 1. The molecule has 0 amide bonds. The Morgan fingerprint density at radius 1 is 1.31 bits per heavy atom. The minimum atomic E-state index is -0.244. The smallest absolute Gasteiger partial charge is 0.0731 e. The lowest BCUT2D eigenvalue weighted by atomic mass is 10.1. The van der Waals surface area contributed by atoms with Crippen LogP contribution < -0.4 is 5.32 Å². The van der Waals surface area contributed by atoms with Gasteiger partial charge in [0.15, 0.2) is 0 Å². The van der Waals surface area contributed by atoms with E-state index in [1.807, 2.05) is 20.8 Å². The number of halogens is 1. The van der Waals surface area contributed by atoms with Crippen molar-refractivity contribution in [2.75, 3.05) is 13.1 Å². The molecule has 1 aliphatic rings. The number of piperidine rings is 1. The van der Waals surface area contributed by atoms with Crippen molar-refractivity contribution in [3.63, 3.8) is 0 Å². The van der Waals surface area contributed by atoms with Crippen molar-refractivity contribution in [2.24, 2.45) is 0 Å². The van der Waals surface area contributed by atoms with Gasteiger partial charge in [-0.1, -0.05) is 0 Å². The molecular formula is C9H20ClNO2. The topological polar surface area (TPSA) is 41.5 Å². The third-order valence-corrected chi connectivity index (χ3v) is 1.81. The van der Waals surface area contributed by atoms with Gasteiger partial charge in [-0.3, -0.25) is 0 Å². The summed E-state index contributed by atoms with van der Waals surface area (Å²) in [4.78, 5) is 0.